The highest BCUT2D eigenvalue weighted by molar-refractivity contribution is 7.22. The zero-order chi connectivity index (χ0) is 19.6. The highest BCUT2D eigenvalue weighted by Crippen LogP contribution is 2.37. The number of alkyl halides is 3. The third-order valence-electron chi connectivity index (χ3n) is 3.96. The number of rotatable bonds is 6. The molecule has 1 aromatic carbocycles. The molecule has 0 unspecified atom stereocenters. The van der Waals surface area contributed by atoms with E-state index in [4.69, 9.17) is 5.73 Å². The summed E-state index contributed by atoms with van der Waals surface area (Å²) >= 11 is 1.43. The van der Waals surface area contributed by atoms with Gasteiger partial charge in [0, 0.05) is 11.4 Å². The monoisotopic (exact) mass is 395 g/mol. The molecule has 0 saturated carbocycles. The minimum atomic E-state index is -4.34. The molecule has 0 fully saturated rings. The SMILES string of the molecule is CN(C)CCCNc1nc(N)nc2cc(-c3ccc(C(F)(F)F)cc3)sc12. The van der Waals surface area contributed by atoms with Gasteiger partial charge in [0.15, 0.2) is 0 Å². The molecule has 0 aliphatic rings. The number of halogens is 3. The molecule has 3 N–H and O–H groups in total. The zero-order valence-electron chi connectivity index (χ0n) is 15.0. The Morgan fingerprint density at radius 2 is 1.85 bits per heavy atom. The van der Waals surface area contributed by atoms with Crippen molar-refractivity contribution in [3.8, 4) is 10.4 Å². The van der Waals surface area contributed by atoms with E-state index >= 15 is 0 Å². The minimum Gasteiger partial charge on any atom is -0.369 e. The van der Waals surface area contributed by atoms with Gasteiger partial charge in [0.25, 0.3) is 0 Å². The van der Waals surface area contributed by atoms with Crippen LogP contribution in [0.1, 0.15) is 12.0 Å². The molecule has 27 heavy (non-hydrogen) atoms. The Bertz CT molecular complexity index is 919. The lowest BCUT2D eigenvalue weighted by Gasteiger charge is -2.10. The number of nitrogen functional groups attached to an aromatic ring is 1. The highest BCUT2D eigenvalue weighted by atomic mass is 32.1. The molecule has 0 saturated heterocycles. The predicted molar refractivity (Wildman–Crippen MR) is 104 cm³/mol. The van der Waals surface area contributed by atoms with E-state index in [1.807, 2.05) is 20.2 Å². The molecule has 9 heteroatoms. The minimum absolute atomic E-state index is 0.161. The first-order valence-corrected chi connectivity index (χ1v) is 9.19. The summed E-state index contributed by atoms with van der Waals surface area (Å²) in [6.07, 6.45) is -3.40. The second kappa shape index (κ2) is 7.69. The van der Waals surface area contributed by atoms with Crippen molar-refractivity contribution < 1.29 is 13.2 Å². The quantitative estimate of drug-likeness (QED) is 0.609. The summed E-state index contributed by atoms with van der Waals surface area (Å²) in [6.45, 7) is 1.68. The number of hydrogen-bond donors (Lipinski definition) is 2. The summed E-state index contributed by atoms with van der Waals surface area (Å²) in [5, 5.41) is 3.28. The molecule has 2 aromatic heterocycles. The largest absolute Gasteiger partial charge is 0.416 e. The van der Waals surface area contributed by atoms with Crippen LogP contribution < -0.4 is 11.1 Å². The number of nitrogens with one attached hydrogen (secondary N) is 1. The molecule has 144 valence electrons. The summed E-state index contributed by atoms with van der Waals surface area (Å²) in [5.74, 6) is 0.814. The first kappa shape index (κ1) is 19.4. The smallest absolute Gasteiger partial charge is 0.369 e. The fourth-order valence-corrected chi connectivity index (χ4v) is 3.70. The van der Waals surface area contributed by atoms with Gasteiger partial charge in [-0.25, -0.2) is 4.98 Å². The Balaban J connectivity index is 1.87. The van der Waals surface area contributed by atoms with Crippen molar-refractivity contribution in [1.29, 1.82) is 0 Å². The van der Waals surface area contributed by atoms with Crippen LogP contribution in [0, 0.1) is 0 Å². The third kappa shape index (κ3) is 4.67. The summed E-state index contributed by atoms with van der Waals surface area (Å²) in [5.41, 5.74) is 6.51. The van der Waals surface area contributed by atoms with Crippen LogP contribution in [-0.4, -0.2) is 42.1 Å². The molecular weight excluding hydrogens is 375 g/mol. The standard InChI is InChI=1S/C18H20F3N5S/c1-26(2)9-3-8-23-16-15-13(24-17(22)25-16)10-14(27-15)11-4-6-12(7-5-11)18(19,20)21/h4-7,10H,3,8-9H2,1-2H3,(H3,22,23,24,25). The van der Waals surface area contributed by atoms with Gasteiger partial charge < -0.3 is 16.0 Å². The van der Waals surface area contributed by atoms with E-state index in [9.17, 15) is 13.2 Å². The van der Waals surface area contributed by atoms with Gasteiger partial charge in [-0.05, 0) is 50.8 Å². The molecule has 0 amide bonds. The van der Waals surface area contributed by atoms with Gasteiger partial charge in [0.2, 0.25) is 5.95 Å². The topological polar surface area (TPSA) is 67.1 Å². The molecule has 0 aliphatic heterocycles. The Kier molecular flexibility index (Phi) is 5.52. The van der Waals surface area contributed by atoms with Crippen LogP contribution in [0.25, 0.3) is 20.7 Å². The Morgan fingerprint density at radius 3 is 2.48 bits per heavy atom. The van der Waals surface area contributed by atoms with Gasteiger partial charge >= 0.3 is 6.18 Å². The average Bonchev–Trinajstić information content (AvgIpc) is 3.01. The van der Waals surface area contributed by atoms with E-state index in [1.54, 1.807) is 0 Å². The number of nitrogens with zero attached hydrogens (tertiary/aromatic N) is 3. The first-order valence-electron chi connectivity index (χ1n) is 8.37. The van der Waals surface area contributed by atoms with E-state index in [0.29, 0.717) is 16.9 Å². The molecule has 5 nitrogen and oxygen atoms in total. The number of thiophene rings is 1. The molecule has 0 bridgehead atoms. The molecule has 3 aromatic rings. The van der Waals surface area contributed by atoms with Crippen LogP contribution in [0.2, 0.25) is 0 Å². The Labute approximate surface area is 159 Å². The fourth-order valence-electron chi connectivity index (χ4n) is 2.64. The maximum atomic E-state index is 12.7. The van der Waals surface area contributed by atoms with E-state index in [-0.39, 0.29) is 5.95 Å². The molecular formula is C18H20F3N5S. The Hall–Kier alpha value is -2.39. The van der Waals surface area contributed by atoms with E-state index in [1.165, 1.54) is 23.5 Å². The summed E-state index contributed by atoms with van der Waals surface area (Å²) in [7, 11) is 4.02. The molecule has 2 heterocycles. The molecule has 0 radical (unpaired) electrons. The van der Waals surface area contributed by atoms with Crippen LogP contribution >= 0.6 is 11.3 Å². The van der Waals surface area contributed by atoms with Crippen molar-refractivity contribution in [2.24, 2.45) is 0 Å². The van der Waals surface area contributed by atoms with Gasteiger partial charge in [-0.1, -0.05) is 12.1 Å². The van der Waals surface area contributed by atoms with Crippen molar-refractivity contribution in [3.63, 3.8) is 0 Å². The first-order chi connectivity index (χ1) is 12.7. The van der Waals surface area contributed by atoms with Crippen LogP contribution in [0.4, 0.5) is 24.9 Å². The molecule has 0 atom stereocenters. The zero-order valence-corrected chi connectivity index (χ0v) is 15.8. The van der Waals surface area contributed by atoms with Crippen molar-refractivity contribution in [3.05, 3.63) is 35.9 Å². The van der Waals surface area contributed by atoms with Gasteiger partial charge in [-0.2, -0.15) is 18.2 Å². The van der Waals surface area contributed by atoms with E-state index in [2.05, 4.69) is 20.2 Å². The number of anilines is 2. The summed E-state index contributed by atoms with van der Waals surface area (Å²) in [4.78, 5) is 11.4. The highest BCUT2D eigenvalue weighted by Gasteiger charge is 2.30. The lowest BCUT2D eigenvalue weighted by molar-refractivity contribution is -0.137. The van der Waals surface area contributed by atoms with Gasteiger partial charge in [-0.15, -0.1) is 11.3 Å². The van der Waals surface area contributed by atoms with Gasteiger partial charge in [0.05, 0.1) is 15.8 Å². The van der Waals surface area contributed by atoms with Crippen molar-refractivity contribution in [2.45, 2.75) is 12.6 Å². The van der Waals surface area contributed by atoms with Crippen molar-refractivity contribution in [2.75, 3.05) is 38.2 Å². The molecule has 3 rings (SSSR count). The van der Waals surface area contributed by atoms with Crippen LogP contribution in [-0.2, 0) is 6.18 Å². The van der Waals surface area contributed by atoms with Crippen LogP contribution in [0.5, 0.6) is 0 Å². The fraction of sp³-hybridized carbons (Fsp3) is 0.333. The van der Waals surface area contributed by atoms with E-state index in [0.717, 1.165) is 41.2 Å². The second-order valence-corrected chi connectivity index (χ2v) is 7.47. The van der Waals surface area contributed by atoms with Crippen LogP contribution in [0.15, 0.2) is 30.3 Å². The lowest BCUT2D eigenvalue weighted by atomic mass is 10.1. The normalized spacial score (nSPS) is 12.1. The summed E-state index contributed by atoms with van der Waals surface area (Å²) in [6, 6.07) is 6.93. The van der Waals surface area contributed by atoms with Gasteiger partial charge in [0.1, 0.15) is 5.82 Å². The van der Waals surface area contributed by atoms with Gasteiger partial charge in [-0.3, -0.25) is 0 Å². The molecule has 0 aliphatic carbocycles. The summed E-state index contributed by atoms with van der Waals surface area (Å²) < 4.78 is 39.1. The van der Waals surface area contributed by atoms with Crippen LogP contribution in [0.3, 0.4) is 0 Å². The Morgan fingerprint density at radius 1 is 1.15 bits per heavy atom. The lowest BCUT2D eigenvalue weighted by Crippen LogP contribution is -2.16. The number of aromatic nitrogens is 2. The number of nitrogens with two attached hydrogens (primary N) is 1. The van der Waals surface area contributed by atoms with Crippen molar-refractivity contribution >= 4 is 33.3 Å². The number of hydrogen-bond acceptors (Lipinski definition) is 6. The maximum Gasteiger partial charge on any atom is 0.416 e. The van der Waals surface area contributed by atoms with E-state index < -0.39 is 11.7 Å². The predicted octanol–water partition coefficient (Wildman–Crippen LogP) is 4.32. The number of benzene rings is 1. The number of fused-ring (bicyclic) bond motifs is 1. The third-order valence-corrected chi connectivity index (χ3v) is 5.14. The second-order valence-electron chi connectivity index (χ2n) is 6.41. The maximum absolute atomic E-state index is 12.7. The average molecular weight is 395 g/mol. The van der Waals surface area contributed by atoms with Crippen molar-refractivity contribution in [1.82, 2.24) is 14.9 Å². The molecule has 0 spiro atoms.